The number of hydrogen-bond donors (Lipinski definition) is 1. The lowest BCUT2D eigenvalue weighted by atomic mass is 10.0. The SMILES string of the molecule is CCOc1ccc(NC(C)c2ccccc2C)c(C)c1. The maximum absolute atomic E-state index is 5.52. The van der Waals surface area contributed by atoms with E-state index in [1.165, 1.54) is 16.7 Å². The smallest absolute Gasteiger partial charge is 0.119 e. The Bertz CT molecular complexity index is 577. The standard InChI is InChI=1S/C18H23NO/c1-5-20-16-10-11-18(14(3)12-16)19-15(4)17-9-7-6-8-13(17)2/h6-12,15,19H,5H2,1-4H3. The molecule has 0 fully saturated rings. The summed E-state index contributed by atoms with van der Waals surface area (Å²) in [7, 11) is 0. The van der Waals surface area contributed by atoms with Crippen LogP contribution < -0.4 is 10.1 Å². The van der Waals surface area contributed by atoms with Gasteiger partial charge < -0.3 is 10.1 Å². The molecule has 0 saturated carbocycles. The van der Waals surface area contributed by atoms with E-state index in [1.807, 2.05) is 13.0 Å². The fourth-order valence-electron chi connectivity index (χ4n) is 2.44. The minimum absolute atomic E-state index is 0.285. The summed E-state index contributed by atoms with van der Waals surface area (Å²) in [6.07, 6.45) is 0. The topological polar surface area (TPSA) is 21.3 Å². The monoisotopic (exact) mass is 269 g/mol. The summed E-state index contributed by atoms with van der Waals surface area (Å²) < 4.78 is 5.52. The molecule has 1 atom stereocenters. The van der Waals surface area contributed by atoms with Gasteiger partial charge in [0, 0.05) is 11.7 Å². The van der Waals surface area contributed by atoms with E-state index in [0.717, 1.165) is 11.4 Å². The van der Waals surface area contributed by atoms with Crippen molar-refractivity contribution in [1.29, 1.82) is 0 Å². The van der Waals surface area contributed by atoms with Crippen LogP contribution in [-0.2, 0) is 0 Å². The minimum atomic E-state index is 0.285. The van der Waals surface area contributed by atoms with Crippen molar-refractivity contribution in [2.75, 3.05) is 11.9 Å². The van der Waals surface area contributed by atoms with Crippen molar-refractivity contribution in [3.63, 3.8) is 0 Å². The summed E-state index contributed by atoms with van der Waals surface area (Å²) in [5, 5.41) is 3.58. The molecule has 2 heteroatoms. The zero-order chi connectivity index (χ0) is 14.5. The molecule has 0 aliphatic carbocycles. The second-order valence-electron chi connectivity index (χ2n) is 5.13. The second-order valence-corrected chi connectivity index (χ2v) is 5.13. The minimum Gasteiger partial charge on any atom is -0.494 e. The van der Waals surface area contributed by atoms with E-state index in [0.29, 0.717) is 6.61 Å². The van der Waals surface area contributed by atoms with Crippen LogP contribution in [0.4, 0.5) is 5.69 Å². The van der Waals surface area contributed by atoms with Gasteiger partial charge in [-0.1, -0.05) is 24.3 Å². The van der Waals surface area contributed by atoms with Crippen molar-refractivity contribution in [3.8, 4) is 5.75 Å². The van der Waals surface area contributed by atoms with Crippen LogP contribution in [0.1, 0.15) is 36.6 Å². The van der Waals surface area contributed by atoms with E-state index in [9.17, 15) is 0 Å². The molecule has 0 bridgehead atoms. The Morgan fingerprint density at radius 3 is 2.45 bits per heavy atom. The highest BCUT2D eigenvalue weighted by molar-refractivity contribution is 5.55. The lowest BCUT2D eigenvalue weighted by Crippen LogP contribution is -2.09. The van der Waals surface area contributed by atoms with Crippen LogP contribution in [0.3, 0.4) is 0 Å². The highest BCUT2D eigenvalue weighted by atomic mass is 16.5. The normalized spacial score (nSPS) is 12.0. The Morgan fingerprint density at radius 2 is 1.80 bits per heavy atom. The number of hydrogen-bond acceptors (Lipinski definition) is 2. The zero-order valence-corrected chi connectivity index (χ0v) is 12.7. The Hall–Kier alpha value is -1.96. The maximum atomic E-state index is 5.52. The molecule has 2 aromatic carbocycles. The number of benzene rings is 2. The van der Waals surface area contributed by atoms with Gasteiger partial charge in [-0.25, -0.2) is 0 Å². The van der Waals surface area contributed by atoms with Crippen molar-refractivity contribution in [3.05, 3.63) is 59.2 Å². The third-order valence-corrected chi connectivity index (χ3v) is 3.54. The molecule has 0 aliphatic heterocycles. The largest absolute Gasteiger partial charge is 0.494 e. The van der Waals surface area contributed by atoms with Crippen molar-refractivity contribution in [1.82, 2.24) is 0 Å². The van der Waals surface area contributed by atoms with Crippen LogP contribution in [0, 0.1) is 13.8 Å². The molecule has 0 radical (unpaired) electrons. The van der Waals surface area contributed by atoms with Crippen LogP contribution in [-0.4, -0.2) is 6.61 Å². The van der Waals surface area contributed by atoms with Gasteiger partial charge in [0.25, 0.3) is 0 Å². The van der Waals surface area contributed by atoms with E-state index >= 15 is 0 Å². The third kappa shape index (κ3) is 3.32. The summed E-state index contributed by atoms with van der Waals surface area (Å²) in [6.45, 7) is 9.15. The molecule has 0 saturated heterocycles. The molecule has 0 amide bonds. The zero-order valence-electron chi connectivity index (χ0n) is 12.7. The Morgan fingerprint density at radius 1 is 1.05 bits per heavy atom. The van der Waals surface area contributed by atoms with Gasteiger partial charge in [0.15, 0.2) is 0 Å². The van der Waals surface area contributed by atoms with Crippen LogP contribution in [0.15, 0.2) is 42.5 Å². The van der Waals surface area contributed by atoms with Crippen molar-refractivity contribution < 1.29 is 4.74 Å². The van der Waals surface area contributed by atoms with Gasteiger partial charge >= 0.3 is 0 Å². The Labute approximate surface area is 121 Å². The molecular weight excluding hydrogens is 246 g/mol. The molecule has 2 nitrogen and oxygen atoms in total. The molecule has 1 N–H and O–H groups in total. The summed E-state index contributed by atoms with van der Waals surface area (Å²) in [6, 6.07) is 15.0. The molecular formula is C18H23NO. The molecule has 0 aromatic heterocycles. The van der Waals surface area contributed by atoms with Gasteiger partial charge in [-0.2, -0.15) is 0 Å². The molecule has 106 valence electrons. The first-order valence-electron chi connectivity index (χ1n) is 7.17. The fourth-order valence-corrected chi connectivity index (χ4v) is 2.44. The molecule has 1 unspecified atom stereocenters. The molecule has 20 heavy (non-hydrogen) atoms. The first kappa shape index (κ1) is 14.4. The summed E-state index contributed by atoms with van der Waals surface area (Å²) in [5.41, 5.74) is 5.01. The van der Waals surface area contributed by atoms with E-state index < -0.39 is 0 Å². The highest BCUT2D eigenvalue weighted by Crippen LogP contribution is 2.26. The third-order valence-electron chi connectivity index (χ3n) is 3.54. The summed E-state index contributed by atoms with van der Waals surface area (Å²) in [4.78, 5) is 0. The van der Waals surface area contributed by atoms with Crippen LogP contribution in [0.5, 0.6) is 5.75 Å². The molecule has 0 heterocycles. The lowest BCUT2D eigenvalue weighted by Gasteiger charge is -2.19. The molecule has 0 aliphatic rings. The van der Waals surface area contributed by atoms with E-state index in [2.05, 4.69) is 62.5 Å². The van der Waals surface area contributed by atoms with Crippen LogP contribution >= 0.6 is 0 Å². The van der Waals surface area contributed by atoms with Crippen molar-refractivity contribution >= 4 is 5.69 Å². The van der Waals surface area contributed by atoms with Gasteiger partial charge in [0.2, 0.25) is 0 Å². The number of rotatable bonds is 5. The number of anilines is 1. The average Bonchev–Trinajstić information content (AvgIpc) is 2.42. The van der Waals surface area contributed by atoms with Crippen molar-refractivity contribution in [2.45, 2.75) is 33.7 Å². The molecule has 2 rings (SSSR count). The second kappa shape index (κ2) is 6.47. The van der Waals surface area contributed by atoms with Crippen LogP contribution in [0.2, 0.25) is 0 Å². The van der Waals surface area contributed by atoms with Gasteiger partial charge in [-0.15, -0.1) is 0 Å². The maximum Gasteiger partial charge on any atom is 0.119 e. The fraction of sp³-hybridized carbons (Fsp3) is 0.333. The van der Waals surface area contributed by atoms with Crippen molar-refractivity contribution in [2.24, 2.45) is 0 Å². The number of ether oxygens (including phenoxy) is 1. The van der Waals surface area contributed by atoms with Gasteiger partial charge in [0.1, 0.15) is 5.75 Å². The molecule has 2 aromatic rings. The highest BCUT2D eigenvalue weighted by Gasteiger charge is 2.09. The van der Waals surface area contributed by atoms with Gasteiger partial charge in [-0.05, 0) is 62.6 Å². The number of nitrogens with one attached hydrogen (secondary N) is 1. The van der Waals surface area contributed by atoms with Crippen LogP contribution in [0.25, 0.3) is 0 Å². The quantitative estimate of drug-likeness (QED) is 0.835. The number of aryl methyl sites for hydroxylation is 2. The Kier molecular flexibility index (Phi) is 4.67. The summed E-state index contributed by atoms with van der Waals surface area (Å²) >= 11 is 0. The van der Waals surface area contributed by atoms with E-state index in [-0.39, 0.29) is 6.04 Å². The predicted molar refractivity (Wildman–Crippen MR) is 85.6 cm³/mol. The Balaban J connectivity index is 2.16. The van der Waals surface area contributed by atoms with E-state index in [4.69, 9.17) is 4.74 Å². The first-order valence-corrected chi connectivity index (χ1v) is 7.17. The average molecular weight is 269 g/mol. The molecule has 0 spiro atoms. The van der Waals surface area contributed by atoms with Gasteiger partial charge in [-0.3, -0.25) is 0 Å². The lowest BCUT2D eigenvalue weighted by molar-refractivity contribution is 0.340. The van der Waals surface area contributed by atoms with E-state index in [1.54, 1.807) is 0 Å². The first-order chi connectivity index (χ1) is 9.61. The van der Waals surface area contributed by atoms with Gasteiger partial charge in [0.05, 0.1) is 6.61 Å². The summed E-state index contributed by atoms with van der Waals surface area (Å²) in [5.74, 6) is 0.930. The predicted octanol–water partition coefficient (Wildman–Crippen LogP) is 4.88.